The molecule has 0 aromatic heterocycles. The van der Waals surface area contributed by atoms with E-state index in [1.165, 1.54) is 41.4 Å². The van der Waals surface area contributed by atoms with Crippen LogP contribution in [0.25, 0.3) is 0 Å². The molecular formula is C16H24N2O4S2. The molecule has 8 heteroatoms. The van der Waals surface area contributed by atoms with Crippen molar-refractivity contribution in [3.05, 3.63) is 24.3 Å². The predicted octanol–water partition coefficient (Wildman–Crippen LogP) is 1.24. The number of nitrogens with one attached hydrogen (secondary N) is 1. The van der Waals surface area contributed by atoms with Gasteiger partial charge < -0.3 is 5.32 Å². The summed E-state index contributed by atoms with van der Waals surface area (Å²) in [5.74, 6) is 0.811. The van der Waals surface area contributed by atoms with E-state index in [2.05, 4.69) is 5.32 Å². The molecule has 0 amide bonds. The van der Waals surface area contributed by atoms with Gasteiger partial charge in [0.25, 0.3) is 0 Å². The topological polar surface area (TPSA) is 83.5 Å². The first-order chi connectivity index (χ1) is 11.3. The van der Waals surface area contributed by atoms with Crippen LogP contribution in [0.4, 0.5) is 0 Å². The average Bonchev–Trinajstić information content (AvgIpc) is 3.37. The highest BCUT2D eigenvalue weighted by Gasteiger charge is 2.30. The van der Waals surface area contributed by atoms with Crippen LogP contribution in [0.1, 0.15) is 25.7 Å². The first-order valence-electron chi connectivity index (χ1n) is 8.30. The van der Waals surface area contributed by atoms with Gasteiger partial charge in [-0.2, -0.15) is 4.31 Å². The van der Waals surface area contributed by atoms with E-state index in [0.29, 0.717) is 19.1 Å². The van der Waals surface area contributed by atoms with Crippen molar-refractivity contribution in [3.63, 3.8) is 0 Å². The fourth-order valence-electron chi connectivity index (χ4n) is 2.97. The first kappa shape index (κ1) is 17.8. The molecule has 0 radical (unpaired) electrons. The normalized spacial score (nSPS) is 21.0. The molecule has 0 spiro atoms. The lowest BCUT2D eigenvalue weighted by atomic mass is 10.1. The lowest BCUT2D eigenvalue weighted by Gasteiger charge is -2.31. The van der Waals surface area contributed by atoms with Crippen LogP contribution >= 0.6 is 0 Å². The van der Waals surface area contributed by atoms with E-state index in [9.17, 15) is 16.8 Å². The van der Waals surface area contributed by atoms with E-state index >= 15 is 0 Å². The van der Waals surface area contributed by atoms with Gasteiger partial charge in [0.05, 0.1) is 9.79 Å². The summed E-state index contributed by atoms with van der Waals surface area (Å²) in [7, 11) is -7.07. The van der Waals surface area contributed by atoms with E-state index in [-0.39, 0.29) is 9.79 Å². The third-order valence-corrected chi connectivity index (χ3v) is 7.72. The first-order valence-corrected chi connectivity index (χ1v) is 11.6. The minimum atomic E-state index is -3.65. The summed E-state index contributed by atoms with van der Waals surface area (Å²) in [6, 6.07) is 5.98. The molecule has 1 aliphatic carbocycles. The quantitative estimate of drug-likeness (QED) is 0.812. The molecule has 1 saturated heterocycles. The average molecular weight is 373 g/mol. The zero-order valence-electron chi connectivity index (χ0n) is 13.8. The van der Waals surface area contributed by atoms with Gasteiger partial charge in [-0.15, -0.1) is 0 Å². The van der Waals surface area contributed by atoms with Crippen LogP contribution in [0.5, 0.6) is 0 Å². The Morgan fingerprint density at radius 1 is 1.04 bits per heavy atom. The SMILES string of the molecule is CS(=O)(=O)c1cccc(S(=O)(=O)N2CCC(NCC3CC3)CC2)c1. The van der Waals surface area contributed by atoms with E-state index in [1.54, 1.807) is 0 Å². The van der Waals surface area contributed by atoms with Crippen LogP contribution in [0.3, 0.4) is 0 Å². The number of hydrogen-bond acceptors (Lipinski definition) is 5. The standard InChI is InChI=1S/C16H24N2O4S2/c1-23(19,20)15-3-2-4-16(11-15)24(21,22)18-9-7-14(8-10-18)17-12-13-5-6-13/h2-4,11,13-14,17H,5-10,12H2,1H3. The molecule has 0 unspecified atom stereocenters. The lowest BCUT2D eigenvalue weighted by Crippen LogP contribution is -2.45. The fourth-order valence-corrected chi connectivity index (χ4v) is 5.23. The number of benzene rings is 1. The van der Waals surface area contributed by atoms with Gasteiger partial charge >= 0.3 is 0 Å². The second-order valence-electron chi connectivity index (χ2n) is 6.78. The zero-order chi connectivity index (χ0) is 17.4. The Kier molecular flexibility index (Phi) is 5.01. The molecule has 2 aliphatic rings. The van der Waals surface area contributed by atoms with Crippen molar-refractivity contribution < 1.29 is 16.8 Å². The maximum atomic E-state index is 12.8. The second kappa shape index (κ2) is 6.74. The van der Waals surface area contributed by atoms with Gasteiger partial charge in [-0.05, 0) is 56.3 Å². The van der Waals surface area contributed by atoms with Crippen molar-refractivity contribution in [3.8, 4) is 0 Å². The van der Waals surface area contributed by atoms with E-state index in [0.717, 1.165) is 31.6 Å². The minimum absolute atomic E-state index is 0.0320. The molecule has 1 N–H and O–H groups in total. The van der Waals surface area contributed by atoms with Crippen LogP contribution < -0.4 is 5.32 Å². The Bertz CT molecular complexity index is 793. The molecule has 0 bridgehead atoms. The molecule has 1 aromatic carbocycles. The number of sulfone groups is 1. The summed E-state index contributed by atoms with van der Waals surface area (Å²) < 4.78 is 50.3. The van der Waals surface area contributed by atoms with Crippen molar-refractivity contribution in [2.45, 2.75) is 41.5 Å². The molecule has 0 atom stereocenters. The zero-order valence-corrected chi connectivity index (χ0v) is 15.4. The van der Waals surface area contributed by atoms with Crippen LogP contribution in [0, 0.1) is 5.92 Å². The van der Waals surface area contributed by atoms with Gasteiger partial charge in [-0.1, -0.05) is 6.07 Å². The van der Waals surface area contributed by atoms with Crippen molar-refractivity contribution in [1.29, 1.82) is 0 Å². The minimum Gasteiger partial charge on any atom is -0.314 e. The van der Waals surface area contributed by atoms with Crippen molar-refractivity contribution in [1.82, 2.24) is 9.62 Å². The summed E-state index contributed by atoms with van der Waals surface area (Å²) in [6.45, 7) is 1.97. The molecule has 24 heavy (non-hydrogen) atoms. The molecule has 1 aromatic rings. The Morgan fingerprint density at radius 3 is 2.25 bits per heavy atom. The molecule has 1 aliphatic heterocycles. The van der Waals surface area contributed by atoms with Gasteiger partial charge in [0.15, 0.2) is 9.84 Å². The number of rotatable bonds is 6. The monoisotopic (exact) mass is 372 g/mol. The Balaban J connectivity index is 1.67. The third kappa shape index (κ3) is 4.17. The van der Waals surface area contributed by atoms with E-state index in [1.807, 2.05) is 0 Å². The van der Waals surface area contributed by atoms with Crippen molar-refractivity contribution in [2.75, 3.05) is 25.9 Å². The van der Waals surface area contributed by atoms with Gasteiger partial charge in [0.1, 0.15) is 0 Å². The fraction of sp³-hybridized carbons (Fsp3) is 0.625. The van der Waals surface area contributed by atoms with Gasteiger partial charge in [0, 0.05) is 25.4 Å². The van der Waals surface area contributed by atoms with Crippen molar-refractivity contribution in [2.24, 2.45) is 5.92 Å². The molecule has 1 saturated carbocycles. The van der Waals surface area contributed by atoms with E-state index < -0.39 is 19.9 Å². The third-order valence-electron chi connectivity index (χ3n) is 4.72. The van der Waals surface area contributed by atoms with Crippen LogP contribution in [0.2, 0.25) is 0 Å². The molecule has 6 nitrogen and oxygen atoms in total. The smallest absolute Gasteiger partial charge is 0.243 e. The van der Waals surface area contributed by atoms with Gasteiger partial charge in [-0.3, -0.25) is 0 Å². The summed E-state index contributed by atoms with van der Waals surface area (Å²) in [6.07, 6.45) is 5.26. The highest BCUT2D eigenvalue weighted by Crippen LogP contribution is 2.28. The maximum absolute atomic E-state index is 12.8. The number of sulfonamides is 1. The number of piperidine rings is 1. The number of nitrogens with zero attached hydrogens (tertiary/aromatic N) is 1. The Morgan fingerprint density at radius 2 is 1.67 bits per heavy atom. The maximum Gasteiger partial charge on any atom is 0.243 e. The van der Waals surface area contributed by atoms with E-state index in [4.69, 9.17) is 0 Å². The van der Waals surface area contributed by atoms with Crippen LogP contribution in [-0.2, 0) is 19.9 Å². The largest absolute Gasteiger partial charge is 0.314 e. The summed E-state index contributed by atoms with van der Waals surface area (Å²) in [4.78, 5) is 0.0828. The van der Waals surface area contributed by atoms with Crippen LogP contribution in [-0.4, -0.2) is 53.1 Å². The molecule has 3 rings (SSSR count). The molecular weight excluding hydrogens is 348 g/mol. The van der Waals surface area contributed by atoms with Crippen LogP contribution in [0.15, 0.2) is 34.1 Å². The Hall–Kier alpha value is -0.960. The van der Waals surface area contributed by atoms with Gasteiger partial charge in [0.2, 0.25) is 10.0 Å². The van der Waals surface area contributed by atoms with Crippen molar-refractivity contribution >= 4 is 19.9 Å². The number of hydrogen-bond donors (Lipinski definition) is 1. The van der Waals surface area contributed by atoms with Gasteiger partial charge in [-0.25, -0.2) is 16.8 Å². The summed E-state index contributed by atoms with van der Waals surface area (Å²) in [5.41, 5.74) is 0. The Labute approximate surface area is 144 Å². The summed E-state index contributed by atoms with van der Waals surface area (Å²) in [5, 5.41) is 3.52. The highest BCUT2D eigenvalue weighted by atomic mass is 32.2. The second-order valence-corrected chi connectivity index (χ2v) is 10.7. The molecule has 134 valence electrons. The highest BCUT2D eigenvalue weighted by molar-refractivity contribution is 7.91. The predicted molar refractivity (Wildman–Crippen MR) is 92.1 cm³/mol. The summed E-state index contributed by atoms with van der Waals surface area (Å²) >= 11 is 0. The molecule has 2 fully saturated rings. The molecule has 1 heterocycles. The lowest BCUT2D eigenvalue weighted by molar-refractivity contribution is 0.288.